The summed E-state index contributed by atoms with van der Waals surface area (Å²) in [4.78, 5) is 0. The van der Waals surface area contributed by atoms with Gasteiger partial charge in [-0.15, -0.1) is 0 Å². The number of rotatable bonds is 4. The minimum atomic E-state index is -0.388. The minimum Gasteiger partial charge on any atom is -0.497 e. The van der Waals surface area contributed by atoms with E-state index < -0.39 is 0 Å². The fourth-order valence-electron chi connectivity index (χ4n) is 2.33. The Morgan fingerprint density at radius 3 is 2.45 bits per heavy atom. The lowest BCUT2D eigenvalue weighted by atomic mass is 9.94. The van der Waals surface area contributed by atoms with E-state index in [9.17, 15) is 4.39 Å². The highest BCUT2D eigenvalue weighted by molar-refractivity contribution is 5.42. The van der Waals surface area contributed by atoms with Crippen molar-refractivity contribution in [2.45, 2.75) is 19.9 Å². The van der Waals surface area contributed by atoms with Gasteiger partial charge in [-0.3, -0.25) is 5.84 Å². The van der Waals surface area contributed by atoms with Crippen molar-refractivity contribution in [2.75, 3.05) is 7.11 Å². The zero-order valence-electron chi connectivity index (χ0n) is 11.9. The van der Waals surface area contributed by atoms with Crippen molar-refractivity contribution in [1.82, 2.24) is 5.43 Å². The molecule has 1 atom stereocenters. The van der Waals surface area contributed by atoms with Crippen molar-refractivity contribution in [2.24, 2.45) is 5.84 Å². The van der Waals surface area contributed by atoms with Gasteiger partial charge in [0.1, 0.15) is 11.6 Å². The third-order valence-electron chi connectivity index (χ3n) is 3.42. The Morgan fingerprint density at radius 2 is 1.85 bits per heavy atom. The van der Waals surface area contributed by atoms with Crippen LogP contribution in [0, 0.1) is 19.7 Å². The Kier molecular flexibility index (Phi) is 4.37. The average molecular weight is 274 g/mol. The molecule has 0 aliphatic carbocycles. The van der Waals surface area contributed by atoms with Gasteiger partial charge in [0.15, 0.2) is 0 Å². The van der Waals surface area contributed by atoms with Crippen molar-refractivity contribution in [3.05, 3.63) is 64.5 Å². The van der Waals surface area contributed by atoms with Gasteiger partial charge in [-0.05, 0) is 43.2 Å². The molecule has 0 radical (unpaired) electrons. The first-order valence-corrected chi connectivity index (χ1v) is 6.43. The van der Waals surface area contributed by atoms with Crippen LogP contribution in [0.1, 0.15) is 28.3 Å². The summed E-state index contributed by atoms with van der Waals surface area (Å²) in [5, 5.41) is 0. The first kappa shape index (κ1) is 14.5. The molecule has 20 heavy (non-hydrogen) atoms. The maximum absolute atomic E-state index is 14.0. The molecule has 0 saturated carbocycles. The predicted octanol–water partition coefficient (Wildman–Crippen LogP) is 3.00. The molecule has 1 unspecified atom stereocenters. The number of nitrogens with one attached hydrogen (secondary N) is 1. The molecule has 0 aliphatic rings. The number of hydrogen-bond donors (Lipinski definition) is 2. The van der Waals surface area contributed by atoms with Crippen LogP contribution in [-0.4, -0.2) is 7.11 Å². The monoisotopic (exact) mass is 274 g/mol. The number of halogens is 1. The second kappa shape index (κ2) is 6.03. The molecule has 0 fully saturated rings. The highest BCUT2D eigenvalue weighted by Crippen LogP contribution is 2.29. The first-order valence-electron chi connectivity index (χ1n) is 6.43. The molecule has 0 aromatic heterocycles. The zero-order chi connectivity index (χ0) is 14.7. The maximum atomic E-state index is 14.0. The molecule has 3 N–H and O–H groups in total. The Labute approximate surface area is 118 Å². The zero-order valence-corrected chi connectivity index (χ0v) is 11.9. The summed E-state index contributed by atoms with van der Waals surface area (Å²) in [5.41, 5.74) is 6.16. The predicted molar refractivity (Wildman–Crippen MR) is 78.0 cm³/mol. The molecule has 0 amide bonds. The van der Waals surface area contributed by atoms with E-state index in [0.29, 0.717) is 5.56 Å². The van der Waals surface area contributed by atoms with E-state index in [0.717, 1.165) is 22.4 Å². The Morgan fingerprint density at radius 1 is 1.10 bits per heavy atom. The number of aryl methyl sites for hydroxylation is 2. The fourth-order valence-corrected chi connectivity index (χ4v) is 2.33. The van der Waals surface area contributed by atoms with Crippen LogP contribution in [0.4, 0.5) is 4.39 Å². The molecule has 2 aromatic carbocycles. The van der Waals surface area contributed by atoms with Crippen molar-refractivity contribution < 1.29 is 9.13 Å². The van der Waals surface area contributed by atoms with Gasteiger partial charge in [0.2, 0.25) is 0 Å². The standard InChI is InChI=1S/C16H19FN2O/c1-10-4-7-15(17)14(8-10)16(19-18)13-6-5-12(20-3)9-11(13)2/h4-9,16,19H,18H2,1-3H3. The van der Waals surface area contributed by atoms with Crippen LogP contribution in [-0.2, 0) is 0 Å². The fraction of sp³-hybridized carbons (Fsp3) is 0.250. The first-order chi connectivity index (χ1) is 9.56. The van der Waals surface area contributed by atoms with Crippen molar-refractivity contribution in [3.8, 4) is 5.75 Å². The number of nitrogens with two attached hydrogens (primary N) is 1. The number of methoxy groups -OCH3 is 1. The van der Waals surface area contributed by atoms with Crippen LogP contribution in [0.3, 0.4) is 0 Å². The number of benzene rings is 2. The van der Waals surface area contributed by atoms with Gasteiger partial charge in [-0.1, -0.05) is 23.8 Å². The molecule has 0 bridgehead atoms. The highest BCUT2D eigenvalue weighted by atomic mass is 19.1. The lowest BCUT2D eigenvalue weighted by Crippen LogP contribution is -2.30. The maximum Gasteiger partial charge on any atom is 0.128 e. The van der Waals surface area contributed by atoms with Crippen LogP contribution in [0.25, 0.3) is 0 Å². The summed E-state index contributed by atoms with van der Waals surface area (Å²) >= 11 is 0. The van der Waals surface area contributed by atoms with E-state index in [1.54, 1.807) is 13.2 Å². The minimum absolute atomic E-state index is 0.270. The molecule has 106 valence electrons. The molecule has 3 nitrogen and oxygen atoms in total. The second-order valence-corrected chi connectivity index (χ2v) is 4.85. The van der Waals surface area contributed by atoms with Crippen LogP contribution >= 0.6 is 0 Å². The van der Waals surface area contributed by atoms with Gasteiger partial charge in [0, 0.05) is 5.56 Å². The molecule has 4 heteroatoms. The lowest BCUT2D eigenvalue weighted by molar-refractivity contribution is 0.414. The number of hydrazine groups is 1. The van der Waals surface area contributed by atoms with Gasteiger partial charge in [-0.2, -0.15) is 0 Å². The van der Waals surface area contributed by atoms with Gasteiger partial charge >= 0.3 is 0 Å². The Balaban J connectivity index is 2.49. The Bertz CT molecular complexity index is 613. The summed E-state index contributed by atoms with van der Waals surface area (Å²) in [6, 6.07) is 10.3. The largest absolute Gasteiger partial charge is 0.497 e. The van der Waals surface area contributed by atoms with Crippen LogP contribution in [0.5, 0.6) is 5.75 Å². The molecular formula is C16H19FN2O. The second-order valence-electron chi connectivity index (χ2n) is 4.85. The third kappa shape index (κ3) is 2.81. The van der Waals surface area contributed by atoms with Crippen LogP contribution in [0.2, 0.25) is 0 Å². The van der Waals surface area contributed by atoms with E-state index >= 15 is 0 Å². The SMILES string of the molecule is COc1ccc(C(NN)c2cc(C)ccc2F)c(C)c1. The van der Waals surface area contributed by atoms with Crippen molar-refractivity contribution >= 4 is 0 Å². The van der Waals surface area contributed by atoms with Crippen molar-refractivity contribution in [3.63, 3.8) is 0 Å². The van der Waals surface area contributed by atoms with E-state index in [2.05, 4.69) is 5.43 Å². The quantitative estimate of drug-likeness (QED) is 0.665. The van der Waals surface area contributed by atoms with E-state index in [1.807, 2.05) is 38.1 Å². The smallest absolute Gasteiger partial charge is 0.128 e. The number of ether oxygens (including phenoxy) is 1. The van der Waals surface area contributed by atoms with E-state index in [4.69, 9.17) is 10.6 Å². The normalized spacial score (nSPS) is 12.2. The molecule has 0 aliphatic heterocycles. The molecule has 0 heterocycles. The molecule has 0 saturated heterocycles. The summed E-state index contributed by atoms with van der Waals surface area (Å²) in [7, 11) is 1.62. The topological polar surface area (TPSA) is 47.3 Å². The summed E-state index contributed by atoms with van der Waals surface area (Å²) in [6.07, 6.45) is 0. The summed E-state index contributed by atoms with van der Waals surface area (Å²) < 4.78 is 19.2. The van der Waals surface area contributed by atoms with E-state index in [1.165, 1.54) is 6.07 Å². The molecule has 2 rings (SSSR count). The van der Waals surface area contributed by atoms with Gasteiger partial charge < -0.3 is 4.74 Å². The Hall–Kier alpha value is -1.91. The molecule has 2 aromatic rings. The molecule has 0 spiro atoms. The van der Waals surface area contributed by atoms with Crippen LogP contribution in [0.15, 0.2) is 36.4 Å². The average Bonchev–Trinajstić information content (AvgIpc) is 2.44. The van der Waals surface area contributed by atoms with Gasteiger partial charge in [0.05, 0.1) is 13.2 Å². The summed E-state index contributed by atoms with van der Waals surface area (Å²) in [6.45, 7) is 3.88. The van der Waals surface area contributed by atoms with Crippen molar-refractivity contribution in [1.29, 1.82) is 0 Å². The highest BCUT2D eigenvalue weighted by Gasteiger charge is 2.18. The summed E-state index contributed by atoms with van der Waals surface area (Å²) in [5.74, 6) is 6.15. The van der Waals surface area contributed by atoms with E-state index in [-0.39, 0.29) is 11.9 Å². The van der Waals surface area contributed by atoms with Crippen LogP contribution < -0.4 is 16.0 Å². The van der Waals surface area contributed by atoms with Gasteiger partial charge in [0.25, 0.3) is 0 Å². The lowest BCUT2D eigenvalue weighted by Gasteiger charge is -2.20. The third-order valence-corrected chi connectivity index (χ3v) is 3.42. The van der Waals surface area contributed by atoms with Gasteiger partial charge in [-0.25, -0.2) is 9.82 Å². The molecular weight excluding hydrogens is 255 g/mol. The number of hydrogen-bond acceptors (Lipinski definition) is 3.